The molecule has 4 nitrogen and oxygen atoms in total. The summed E-state index contributed by atoms with van der Waals surface area (Å²) in [7, 11) is 0. The molecule has 0 amide bonds. The van der Waals surface area contributed by atoms with Gasteiger partial charge in [-0.2, -0.15) is 5.26 Å². The summed E-state index contributed by atoms with van der Waals surface area (Å²) >= 11 is 1.42. The summed E-state index contributed by atoms with van der Waals surface area (Å²) in [6, 6.07) is 2.21. The largest absolute Gasteiger partial charge is 0.396 e. The van der Waals surface area contributed by atoms with Gasteiger partial charge in [0.1, 0.15) is 16.6 Å². The van der Waals surface area contributed by atoms with Crippen LogP contribution in [0.1, 0.15) is 54.8 Å². The van der Waals surface area contributed by atoms with Crippen LogP contribution in [0, 0.1) is 22.7 Å². The molecule has 3 rings (SSSR count). The molecule has 0 bridgehead atoms. The molecule has 0 aromatic carbocycles. The van der Waals surface area contributed by atoms with Crippen LogP contribution < -0.4 is 10.6 Å². The van der Waals surface area contributed by atoms with Gasteiger partial charge in [-0.25, -0.2) is 0 Å². The van der Waals surface area contributed by atoms with Crippen LogP contribution in [0.5, 0.6) is 0 Å². The molecule has 2 N–H and O–H groups in total. The van der Waals surface area contributed by atoms with Gasteiger partial charge in [-0.15, -0.1) is 11.3 Å². The minimum Gasteiger partial charge on any atom is -0.396 e. The molecular formula is C16H21N3OS. The monoisotopic (exact) mass is 303 g/mol. The minimum absolute atomic E-state index is 0.136. The predicted octanol–water partition coefficient (Wildman–Crippen LogP) is 3.42. The van der Waals surface area contributed by atoms with Crippen molar-refractivity contribution in [1.29, 1.82) is 5.26 Å². The lowest BCUT2D eigenvalue weighted by Crippen LogP contribution is -2.40. The van der Waals surface area contributed by atoms with E-state index < -0.39 is 0 Å². The Morgan fingerprint density at radius 3 is 2.76 bits per heavy atom. The fraction of sp³-hybridized carbons (Fsp3) is 0.625. The molecule has 1 aromatic rings. The van der Waals surface area contributed by atoms with Gasteiger partial charge in [-0.1, -0.05) is 13.8 Å². The highest BCUT2D eigenvalue weighted by atomic mass is 32.1. The van der Waals surface area contributed by atoms with Crippen LogP contribution in [0.2, 0.25) is 0 Å². The maximum absolute atomic E-state index is 12.3. The Morgan fingerprint density at radius 2 is 2.19 bits per heavy atom. The number of nitrogens with zero attached hydrogens (tertiary/aromatic N) is 2. The van der Waals surface area contributed by atoms with Gasteiger partial charge in [-0.05, 0) is 31.1 Å². The summed E-state index contributed by atoms with van der Waals surface area (Å²) in [6.07, 6.45) is 4.23. The Hall–Kier alpha value is -1.54. The number of ketones is 1. The third-order valence-corrected chi connectivity index (χ3v) is 5.68. The summed E-state index contributed by atoms with van der Waals surface area (Å²) in [5.74, 6) is 0.277. The van der Waals surface area contributed by atoms with E-state index >= 15 is 0 Å². The van der Waals surface area contributed by atoms with Crippen molar-refractivity contribution in [3.05, 3.63) is 10.4 Å². The fourth-order valence-corrected chi connectivity index (χ4v) is 4.29. The first-order valence-corrected chi connectivity index (χ1v) is 8.36. The van der Waals surface area contributed by atoms with Gasteiger partial charge in [0.2, 0.25) is 0 Å². The van der Waals surface area contributed by atoms with Crippen LogP contribution in [-0.2, 0) is 0 Å². The quantitative estimate of drug-likeness (QED) is 0.869. The Balaban J connectivity index is 1.96. The lowest BCUT2D eigenvalue weighted by Gasteiger charge is -2.38. The van der Waals surface area contributed by atoms with E-state index in [2.05, 4.69) is 24.8 Å². The Bertz CT molecular complexity index is 622. The van der Waals surface area contributed by atoms with Gasteiger partial charge in [0.25, 0.3) is 0 Å². The average Bonchev–Trinajstić information content (AvgIpc) is 3.21. The average molecular weight is 303 g/mol. The van der Waals surface area contributed by atoms with E-state index in [1.54, 1.807) is 0 Å². The molecule has 5 heteroatoms. The predicted molar refractivity (Wildman–Crippen MR) is 85.7 cm³/mol. The smallest absolute Gasteiger partial charge is 0.178 e. The second kappa shape index (κ2) is 5.03. The first-order valence-electron chi connectivity index (χ1n) is 7.54. The number of thiophene rings is 1. The molecular weight excluding hydrogens is 282 g/mol. The van der Waals surface area contributed by atoms with Crippen LogP contribution in [0.3, 0.4) is 0 Å². The van der Waals surface area contributed by atoms with Crippen molar-refractivity contribution in [1.82, 2.24) is 0 Å². The summed E-state index contributed by atoms with van der Waals surface area (Å²) in [5.41, 5.74) is 7.24. The van der Waals surface area contributed by atoms with Crippen molar-refractivity contribution in [2.24, 2.45) is 11.3 Å². The Morgan fingerprint density at radius 1 is 1.48 bits per heavy atom. The topological polar surface area (TPSA) is 70.1 Å². The van der Waals surface area contributed by atoms with Crippen LogP contribution >= 0.6 is 11.3 Å². The molecule has 112 valence electrons. The highest BCUT2D eigenvalue weighted by molar-refractivity contribution is 7.19. The van der Waals surface area contributed by atoms with E-state index in [1.807, 2.05) is 0 Å². The van der Waals surface area contributed by atoms with Crippen LogP contribution in [0.15, 0.2) is 0 Å². The number of hydrogen-bond donors (Lipinski definition) is 1. The van der Waals surface area contributed by atoms with Crippen LogP contribution in [-0.4, -0.2) is 18.9 Å². The number of Topliss-reactive ketones (excluding diaryl/α,β-unsaturated/α-hetero) is 1. The normalized spacial score (nSPS) is 21.1. The first-order chi connectivity index (χ1) is 9.93. The summed E-state index contributed by atoms with van der Waals surface area (Å²) < 4.78 is 0. The third kappa shape index (κ3) is 2.65. The zero-order valence-corrected chi connectivity index (χ0v) is 13.4. The highest BCUT2D eigenvalue weighted by Crippen LogP contribution is 2.44. The zero-order chi connectivity index (χ0) is 15.2. The van der Waals surface area contributed by atoms with E-state index in [0.29, 0.717) is 16.1 Å². The molecule has 0 atom stereocenters. The van der Waals surface area contributed by atoms with Gasteiger partial charge in [0, 0.05) is 19.0 Å². The number of rotatable bonds is 3. The third-order valence-electron chi connectivity index (χ3n) is 4.40. The molecule has 0 unspecified atom stereocenters. The molecule has 1 saturated carbocycles. The second-order valence-electron chi connectivity index (χ2n) is 6.96. The molecule has 1 aliphatic heterocycles. The molecule has 21 heavy (non-hydrogen) atoms. The molecule has 2 aliphatic rings. The van der Waals surface area contributed by atoms with E-state index in [-0.39, 0.29) is 17.1 Å². The number of nitriles is 1. The van der Waals surface area contributed by atoms with Gasteiger partial charge >= 0.3 is 0 Å². The molecule has 2 fully saturated rings. The highest BCUT2D eigenvalue weighted by Gasteiger charge is 2.36. The van der Waals surface area contributed by atoms with Crippen molar-refractivity contribution in [3.63, 3.8) is 0 Å². The number of carbonyl (C=O) groups excluding carboxylic acids is 1. The molecule has 1 aliphatic carbocycles. The molecule has 1 saturated heterocycles. The maximum atomic E-state index is 12.3. The minimum atomic E-state index is 0.136. The van der Waals surface area contributed by atoms with Gasteiger partial charge < -0.3 is 10.6 Å². The van der Waals surface area contributed by atoms with Gasteiger partial charge in [-0.3, -0.25) is 4.79 Å². The molecule has 0 spiro atoms. The molecule has 1 aromatic heterocycles. The van der Waals surface area contributed by atoms with Crippen LogP contribution in [0.4, 0.5) is 10.7 Å². The van der Waals surface area contributed by atoms with E-state index in [1.165, 1.54) is 17.8 Å². The number of nitrogens with two attached hydrogens (primary N) is 1. The van der Waals surface area contributed by atoms with E-state index in [4.69, 9.17) is 5.73 Å². The van der Waals surface area contributed by atoms with Crippen LogP contribution in [0.25, 0.3) is 0 Å². The fourth-order valence-electron chi connectivity index (χ4n) is 3.07. The van der Waals surface area contributed by atoms with Gasteiger partial charge in [0.05, 0.1) is 10.6 Å². The number of anilines is 2. The SMILES string of the molecule is CC1(C)CCCN(c2sc(C(=O)C3CC3)c(N)c2C#N)C1. The Labute approximate surface area is 129 Å². The second-order valence-corrected chi connectivity index (χ2v) is 7.96. The van der Waals surface area contributed by atoms with E-state index in [0.717, 1.165) is 37.4 Å². The van der Waals surface area contributed by atoms with Crippen molar-refractivity contribution in [3.8, 4) is 6.07 Å². The lowest BCUT2D eigenvalue weighted by molar-refractivity contribution is 0.0972. The molecule has 2 heterocycles. The number of carbonyl (C=O) groups is 1. The van der Waals surface area contributed by atoms with Gasteiger partial charge in [0.15, 0.2) is 5.78 Å². The molecule has 0 radical (unpaired) electrons. The summed E-state index contributed by atoms with van der Waals surface area (Å²) in [4.78, 5) is 15.2. The zero-order valence-electron chi connectivity index (χ0n) is 12.6. The van der Waals surface area contributed by atoms with Crippen molar-refractivity contribution in [2.45, 2.75) is 39.5 Å². The number of hydrogen-bond acceptors (Lipinski definition) is 5. The summed E-state index contributed by atoms with van der Waals surface area (Å²) in [6.45, 7) is 6.35. The van der Waals surface area contributed by atoms with Crippen molar-refractivity contribution in [2.75, 3.05) is 23.7 Å². The number of nitrogen functional groups attached to an aromatic ring is 1. The standard InChI is InChI=1S/C16H21N3OS/c1-16(2)6-3-7-19(9-16)15-11(8-17)12(18)14(21-15)13(20)10-4-5-10/h10H,3-7,9,18H2,1-2H3. The Kier molecular flexibility index (Phi) is 3.45. The van der Waals surface area contributed by atoms with E-state index in [9.17, 15) is 10.1 Å². The first kappa shape index (κ1) is 14.4. The number of piperidine rings is 1. The van der Waals surface area contributed by atoms with Crippen molar-refractivity contribution >= 4 is 27.8 Å². The van der Waals surface area contributed by atoms with Crippen molar-refractivity contribution < 1.29 is 4.79 Å². The maximum Gasteiger partial charge on any atom is 0.178 e. The lowest BCUT2D eigenvalue weighted by atomic mass is 9.84. The summed E-state index contributed by atoms with van der Waals surface area (Å²) in [5, 5.41) is 10.3.